The maximum Gasteiger partial charge on any atom is 0.263 e. The average molecular weight is 1600 g/mol. The number of rotatable bonds is 19. The third-order valence-electron chi connectivity index (χ3n) is 18.2. The van der Waals surface area contributed by atoms with Gasteiger partial charge in [0.15, 0.2) is 16.4 Å². The van der Waals surface area contributed by atoms with E-state index < -0.39 is 42.2 Å². The van der Waals surface area contributed by atoms with E-state index in [0.717, 1.165) is 33.4 Å². The zero-order valence-electron chi connectivity index (χ0n) is 57.6. The molecule has 11 aromatic rings. The Hall–Kier alpha value is -9.60. The van der Waals surface area contributed by atoms with Crippen molar-refractivity contribution in [3.8, 4) is 5.75 Å². The molecule has 0 saturated carbocycles. The Bertz CT molecular complexity index is 5280. The molecule has 6 aromatic carbocycles. The molecule has 3 fully saturated rings. The monoisotopic (exact) mass is 1600 g/mol. The molecule has 562 valence electrons. The summed E-state index contributed by atoms with van der Waals surface area (Å²) in [4.78, 5) is 67.4. The minimum absolute atomic E-state index is 0. The second-order valence-corrected chi connectivity index (χ2v) is 33.1. The van der Waals surface area contributed by atoms with Crippen LogP contribution >= 0.6 is 57.5 Å². The lowest BCUT2D eigenvalue weighted by atomic mass is 10.1. The van der Waals surface area contributed by atoms with Crippen molar-refractivity contribution in [3.05, 3.63) is 215 Å². The Kier molecular flexibility index (Phi) is 23.7. The first-order valence-electron chi connectivity index (χ1n) is 33.5. The summed E-state index contributed by atoms with van der Waals surface area (Å²) in [6.45, 7) is 13.8. The number of para-hydroxylation sites is 2. The molecule has 3 aliphatic rings. The summed E-state index contributed by atoms with van der Waals surface area (Å²) < 4.78 is 107. The van der Waals surface area contributed by atoms with Crippen LogP contribution in [0.2, 0.25) is 15.1 Å². The van der Waals surface area contributed by atoms with Gasteiger partial charge in [0.25, 0.3) is 36.0 Å². The number of sulfonamides is 3. The van der Waals surface area contributed by atoms with Crippen molar-refractivity contribution in [1.29, 1.82) is 0 Å². The van der Waals surface area contributed by atoms with E-state index in [1.807, 2.05) is 65.9 Å². The van der Waals surface area contributed by atoms with Crippen LogP contribution in [0.1, 0.15) is 45.5 Å². The van der Waals surface area contributed by atoms with Crippen LogP contribution in [-0.4, -0.2) is 171 Å². The highest BCUT2D eigenvalue weighted by atomic mass is 35.5. The summed E-state index contributed by atoms with van der Waals surface area (Å²) in [6, 6.07) is 39.9. The van der Waals surface area contributed by atoms with Gasteiger partial charge in [-0.15, -0.1) is 22.7 Å². The number of carbonyl (C=O) groups excluding carboxylic acids is 3. The molecule has 3 aliphatic heterocycles. The molecule has 4 atom stereocenters. The van der Waals surface area contributed by atoms with Crippen molar-refractivity contribution in [1.82, 2.24) is 43.8 Å². The molecule has 5 aromatic heterocycles. The minimum Gasteiger partial charge on any atom is -0.481 e. The Morgan fingerprint density at radius 3 is 1.50 bits per heavy atom. The van der Waals surface area contributed by atoms with Gasteiger partial charge >= 0.3 is 0 Å². The van der Waals surface area contributed by atoms with E-state index in [0.29, 0.717) is 109 Å². The molecule has 0 aliphatic carbocycles. The Balaban J connectivity index is 0.000000204. The van der Waals surface area contributed by atoms with Gasteiger partial charge < -0.3 is 43.3 Å². The van der Waals surface area contributed by atoms with Crippen LogP contribution < -0.4 is 33.6 Å². The summed E-state index contributed by atoms with van der Waals surface area (Å²) in [6.07, 6.45) is 8.81. The largest absolute Gasteiger partial charge is 0.481 e. The van der Waals surface area contributed by atoms with Gasteiger partial charge in [0, 0.05) is 159 Å². The van der Waals surface area contributed by atoms with Crippen LogP contribution in [0.3, 0.4) is 0 Å². The van der Waals surface area contributed by atoms with Crippen molar-refractivity contribution in [2.75, 3.05) is 101 Å². The van der Waals surface area contributed by atoms with Crippen LogP contribution in [0.15, 0.2) is 208 Å². The fourth-order valence-electron chi connectivity index (χ4n) is 12.6. The van der Waals surface area contributed by atoms with E-state index in [2.05, 4.69) is 48.8 Å². The van der Waals surface area contributed by atoms with Gasteiger partial charge in [-0.1, -0.05) is 59.1 Å². The third-order valence-corrected chi connectivity index (χ3v) is 25.0. The molecule has 8 heterocycles. The van der Waals surface area contributed by atoms with Gasteiger partial charge in [0.1, 0.15) is 35.8 Å². The van der Waals surface area contributed by atoms with E-state index in [4.69, 9.17) is 39.5 Å². The van der Waals surface area contributed by atoms with E-state index in [-0.39, 0.29) is 61.8 Å². The minimum atomic E-state index is -3.76. The smallest absolute Gasteiger partial charge is 0.263 e. The second kappa shape index (κ2) is 33.0. The third kappa shape index (κ3) is 17.7. The molecule has 34 heteroatoms. The number of piperazine rings is 3. The highest BCUT2D eigenvalue weighted by molar-refractivity contribution is 7.93. The fraction of sp³-hybridized carbons (Fsp3) is 0.264. The molecule has 0 bridgehead atoms. The van der Waals surface area contributed by atoms with Gasteiger partial charge in [0.05, 0.1) is 40.8 Å². The Labute approximate surface area is 641 Å². The van der Waals surface area contributed by atoms with Crippen molar-refractivity contribution in [3.63, 3.8) is 0 Å². The predicted octanol–water partition coefficient (Wildman–Crippen LogP) is 13.5. The molecule has 0 spiro atoms. The van der Waals surface area contributed by atoms with Gasteiger partial charge in [-0.05, 0) is 143 Å². The molecule has 106 heavy (non-hydrogen) atoms. The van der Waals surface area contributed by atoms with Crippen LogP contribution in [0.4, 0.5) is 37.5 Å². The highest BCUT2D eigenvalue weighted by Gasteiger charge is 2.34. The summed E-state index contributed by atoms with van der Waals surface area (Å²) in [5.41, 5.74) is 3.98. The van der Waals surface area contributed by atoms with Crippen LogP contribution in [0.5, 0.6) is 5.75 Å². The number of fused-ring (bicyclic) bond motifs is 2. The standard InChI is InChI=1S/C25H26ClN5O3S2.C24H24FN5O3S2.C23H23Cl2N5O4S.4H2/c1-17-16-29(20-6-8-21(9-7-20)36(33,34)28-25-27-11-15-35-25)13-14-30(17)24(32)18(2)31-12-10-19-4-3-5-22(26)23(19)31;1-17(30-11-9-18-3-2-4-21(25)22(18)30)23(31)29-14-12-28(13-15-29)19-5-7-20(8-6-19)35(32,33)27-24-26-10-16-34-24;1-16(34-18-4-7-20(24)21(25)14-18)23(31)30-12-10-29(11-13-30)17-2-5-19(6-3-17)35(32,33)28-22-8-9-26-15-27-22;;;;/h3-12,15,17-18H,13-14,16H2,1-2H3,(H,27,28);2-11,16-17H,12-15H2,1H3,(H,26,27);2-9,14-16H,10-13H2,1H3,(H,26,27,28);4*1H/t;17-;;;;;/m.1...../s1. The van der Waals surface area contributed by atoms with Crippen LogP contribution in [0.25, 0.3) is 21.8 Å². The number of benzene rings is 6. The van der Waals surface area contributed by atoms with Crippen molar-refractivity contribution < 1.29 is 54.5 Å². The molecule has 0 radical (unpaired) electrons. The number of hydrogen-bond acceptors (Lipinski definition) is 19. The van der Waals surface area contributed by atoms with E-state index in [1.54, 1.807) is 148 Å². The Morgan fingerprint density at radius 2 is 1.00 bits per heavy atom. The number of amides is 3. The maximum absolute atomic E-state index is 14.4. The number of aromatic nitrogens is 6. The highest BCUT2D eigenvalue weighted by Crippen LogP contribution is 2.33. The molecule has 3 N–H and O–H groups in total. The van der Waals surface area contributed by atoms with Gasteiger partial charge in [0.2, 0.25) is 11.8 Å². The molecular weight excluding hydrogens is 1520 g/mol. The first kappa shape index (κ1) is 76.1. The van der Waals surface area contributed by atoms with E-state index >= 15 is 0 Å². The number of nitrogens with one attached hydrogen (secondary N) is 3. The zero-order valence-corrected chi connectivity index (χ0v) is 63.9. The molecule has 25 nitrogen and oxygen atoms in total. The maximum atomic E-state index is 14.4. The average Bonchev–Trinajstić information content (AvgIpc) is 1.13. The van der Waals surface area contributed by atoms with Gasteiger partial charge in [-0.25, -0.2) is 49.6 Å². The number of ether oxygens (including phenoxy) is 1. The SMILES string of the molecule is CC(Oc1ccc(Cl)c(Cl)c1)C(=O)N1CCN(c2ccc(S(=O)(=O)Nc3ccncn3)cc2)CC1.CC1CN(c2ccc(S(=O)(=O)Nc3nccs3)cc2)CCN1C(=O)C(C)n1ccc2cccc(Cl)c21.C[C@H](C(=O)N1CCN(c2ccc(S(=O)(=O)Nc3nccs3)cc2)CC1)n1ccc2cccc(F)c21.[HH].[HH].[HH].[HH]. The summed E-state index contributed by atoms with van der Waals surface area (Å²) in [7, 11) is -11.2. The topological polar surface area (TPSA) is 280 Å². The van der Waals surface area contributed by atoms with Gasteiger partial charge in [-0.2, -0.15) is 0 Å². The van der Waals surface area contributed by atoms with Gasteiger partial charge in [-0.3, -0.25) is 28.5 Å². The predicted molar refractivity (Wildman–Crippen MR) is 422 cm³/mol. The summed E-state index contributed by atoms with van der Waals surface area (Å²) in [5.74, 6) is 0.206. The Morgan fingerprint density at radius 1 is 0.519 bits per heavy atom. The summed E-state index contributed by atoms with van der Waals surface area (Å²) >= 11 is 20.8. The zero-order chi connectivity index (χ0) is 75.0. The lowest BCUT2D eigenvalue weighted by molar-refractivity contribution is -0.138. The molecule has 3 saturated heterocycles. The first-order valence-corrected chi connectivity index (χ1v) is 40.8. The lowest BCUT2D eigenvalue weighted by Crippen LogP contribution is -2.55. The first-order chi connectivity index (χ1) is 50.8. The number of nitrogens with zero attached hydrogens (tertiary/aromatic N) is 12. The molecule has 3 unspecified atom stereocenters. The number of halogens is 4. The van der Waals surface area contributed by atoms with Crippen molar-refractivity contribution in [2.45, 2.75) is 66.6 Å². The van der Waals surface area contributed by atoms with Crippen molar-refractivity contribution >= 4 is 160 Å². The number of carbonyl (C=O) groups is 3. The lowest BCUT2D eigenvalue weighted by Gasteiger charge is -2.42. The normalized spacial score (nSPS) is 15.9. The summed E-state index contributed by atoms with van der Waals surface area (Å²) in [5, 5.41) is 7.24. The quantitative estimate of drug-likeness (QED) is 0.0678. The molecule has 3 amide bonds. The number of thiazole rings is 2. The van der Waals surface area contributed by atoms with Crippen LogP contribution in [-0.2, 0) is 44.5 Å². The fourth-order valence-corrected chi connectivity index (χ4v) is 17.8. The van der Waals surface area contributed by atoms with Crippen molar-refractivity contribution in [2.24, 2.45) is 0 Å². The molecular formula is C72H81Cl3FN15O10S5. The van der Waals surface area contributed by atoms with Crippen LogP contribution in [0, 0.1) is 5.82 Å². The van der Waals surface area contributed by atoms with E-state index in [9.17, 15) is 44.0 Å². The number of hydrogen-bond donors (Lipinski definition) is 3. The van der Waals surface area contributed by atoms with E-state index in [1.165, 1.54) is 53.5 Å². The molecule has 14 rings (SSSR count). The number of anilines is 6. The second-order valence-electron chi connectivity index (χ2n) is 25.0.